The number of allylic oxidation sites excluding steroid dienone is 1. The van der Waals surface area contributed by atoms with Crippen LogP contribution in [0, 0.1) is 5.92 Å². The molecule has 1 saturated carbocycles. The fourth-order valence-corrected chi connectivity index (χ4v) is 1.47. The lowest BCUT2D eigenvalue weighted by Crippen LogP contribution is -2.30. The van der Waals surface area contributed by atoms with E-state index in [9.17, 15) is 17.6 Å². The van der Waals surface area contributed by atoms with Crippen LogP contribution < -0.4 is 0 Å². The van der Waals surface area contributed by atoms with Gasteiger partial charge in [0, 0.05) is 0 Å². The summed E-state index contributed by atoms with van der Waals surface area (Å²) in [5, 5.41) is 0. The molecule has 70 valence electrons. The normalized spacial score (nSPS) is 32.2. The Morgan fingerprint density at radius 2 is 1.83 bits per heavy atom. The van der Waals surface area contributed by atoms with Crippen LogP contribution in [0.2, 0.25) is 0 Å². The van der Waals surface area contributed by atoms with E-state index in [2.05, 4.69) is 6.58 Å². The Kier molecular flexibility index (Phi) is 2.44. The molecule has 0 bridgehead atoms. The minimum absolute atomic E-state index is 0.0899. The number of rotatable bonds is 0. The molecule has 1 aliphatic rings. The first-order valence-electron chi connectivity index (χ1n) is 3.77. The Morgan fingerprint density at radius 1 is 1.25 bits per heavy atom. The molecule has 0 amide bonds. The first-order valence-corrected chi connectivity index (χ1v) is 3.77. The summed E-state index contributed by atoms with van der Waals surface area (Å²) in [6.07, 6.45) is -6.05. The highest BCUT2D eigenvalue weighted by atomic mass is 19.4. The van der Waals surface area contributed by atoms with Gasteiger partial charge in [-0.15, -0.1) is 0 Å². The first-order chi connectivity index (χ1) is 5.39. The fraction of sp³-hybridized carbons (Fsp3) is 0.750. The van der Waals surface area contributed by atoms with E-state index < -0.39 is 24.7 Å². The highest BCUT2D eigenvalue weighted by Crippen LogP contribution is 2.40. The number of halogens is 4. The molecule has 1 rings (SSSR count). The first kappa shape index (κ1) is 9.55. The number of alkyl halides is 4. The molecule has 0 aromatic rings. The van der Waals surface area contributed by atoms with Crippen LogP contribution in [0.1, 0.15) is 19.3 Å². The second-order valence-corrected chi connectivity index (χ2v) is 3.23. The van der Waals surface area contributed by atoms with Gasteiger partial charge in [0.15, 0.2) is 0 Å². The van der Waals surface area contributed by atoms with Crippen molar-refractivity contribution in [2.45, 2.75) is 31.6 Å². The molecule has 0 N–H and O–H groups in total. The summed E-state index contributed by atoms with van der Waals surface area (Å²) < 4.78 is 48.9. The summed E-state index contributed by atoms with van der Waals surface area (Å²) >= 11 is 0. The zero-order valence-corrected chi connectivity index (χ0v) is 6.49. The lowest BCUT2D eigenvalue weighted by Gasteiger charge is -2.27. The molecule has 0 heterocycles. The van der Waals surface area contributed by atoms with E-state index in [1.807, 2.05) is 0 Å². The van der Waals surface area contributed by atoms with E-state index in [1.54, 1.807) is 0 Å². The predicted molar refractivity (Wildman–Crippen MR) is 37.4 cm³/mol. The van der Waals surface area contributed by atoms with Gasteiger partial charge < -0.3 is 0 Å². The monoisotopic (exact) mass is 182 g/mol. The van der Waals surface area contributed by atoms with Gasteiger partial charge in [-0.25, -0.2) is 4.39 Å². The Bertz CT molecular complexity index is 182. The Morgan fingerprint density at radius 3 is 2.25 bits per heavy atom. The van der Waals surface area contributed by atoms with E-state index >= 15 is 0 Å². The van der Waals surface area contributed by atoms with Gasteiger partial charge in [-0.3, -0.25) is 0 Å². The summed E-state index contributed by atoms with van der Waals surface area (Å²) in [7, 11) is 0. The molecule has 2 unspecified atom stereocenters. The van der Waals surface area contributed by atoms with Crippen LogP contribution in [0.4, 0.5) is 17.6 Å². The van der Waals surface area contributed by atoms with Crippen LogP contribution in [-0.4, -0.2) is 12.3 Å². The molecule has 0 saturated heterocycles. The van der Waals surface area contributed by atoms with Gasteiger partial charge in [-0.05, 0) is 19.3 Å². The maximum absolute atomic E-state index is 12.7. The topological polar surface area (TPSA) is 0 Å². The lowest BCUT2D eigenvalue weighted by atomic mass is 9.85. The maximum atomic E-state index is 12.7. The molecule has 4 heteroatoms. The SMILES string of the molecule is C=C1CC(F)CC(C(F)(F)F)C1. The molecule has 1 aliphatic carbocycles. The van der Waals surface area contributed by atoms with Crippen molar-refractivity contribution in [3.63, 3.8) is 0 Å². The van der Waals surface area contributed by atoms with Gasteiger partial charge in [-0.1, -0.05) is 12.2 Å². The molecule has 0 nitrogen and oxygen atoms in total. The Hall–Kier alpha value is -0.540. The smallest absolute Gasteiger partial charge is 0.247 e. The average Bonchev–Trinajstić information content (AvgIpc) is 1.82. The van der Waals surface area contributed by atoms with Crippen molar-refractivity contribution in [2.24, 2.45) is 5.92 Å². The Labute approximate surface area is 68.3 Å². The van der Waals surface area contributed by atoms with Gasteiger partial charge in [0.1, 0.15) is 6.17 Å². The van der Waals surface area contributed by atoms with Crippen molar-refractivity contribution in [3.8, 4) is 0 Å². The summed E-state index contributed by atoms with van der Waals surface area (Å²) in [4.78, 5) is 0. The van der Waals surface area contributed by atoms with Gasteiger partial charge in [-0.2, -0.15) is 13.2 Å². The molecule has 12 heavy (non-hydrogen) atoms. The second-order valence-electron chi connectivity index (χ2n) is 3.23. The minimum Gasteiger partial charge on any atom is -0.247 e. The highest BCUT2D eigenvalue weighted by molar-refractivity contribution is 5.03. The van der Waals surface area contributed by atoms with Crippen molar-refractivity contribution in [3.05, 3.63) is 12.2 Å². The van der Waals surface area contributed by atoms with Crippen LogP contribution in [0.3, 0.4) is 0 Å². The van der Waals surface area contributed by atoms with Crippen molar-refractivity contribution in [2.75, 3.05) is 0 Å². The van der Waals surface area contributed by atoms with Gasteiger partial charge in [0.05, 0.1) is 5.92 Å². The standard InChI is InChI=1S/C8H10F4/c1-5-2-6(8(10,11)12)4-7(9)3-5/h6-7H,1-4H2. The van der Waals surface area contributed by atoms with Crippen molar-refractivity contribution in [1.29, 1.82) is 0 Å². The molecule has 0 radical (unpaired) electrons. The predicted octanol–water partition coefficient (Wildman–Crippen LogP) is 3.24. The lowest BCUT2D eigenvalue weighted by molar-refractivity contribution is -0.182. The second kappa shape index (κ2) is 3.07. The van der Waals surface area contributed by atoms with Gasteiger partial charge in [0.25, 0.3) is 0 Å². The van der Waals surface area contributed by atoms with Crippen LogP contribution in [0.5, 0.6) is 0 Å². The van der Waals surface area contributed by atoms with E-state index in [0.29, 0.717) is 5.57 Å². The van der Waals surface area contributed by atoms with Crippen LogP contribution in [0.25, 0.3) is 0 Å². The van der Waals surface area contributed by atoms with Gasteiger partial charge in [0.2, 0.25) is 0 Å². The number of hydrogen-bond acceptors (Lipinski definition) is 0. The zero-order chi connectivity index (χ0) is 9.35. The van der Waals surface area contributed by atoms with Crippen molar-refractivity contribution in [1.82, 2.24) is 0 Å². The maximum Gasteiger partial charge on any atom is 0.392 e. The zero-order valence-electron chi connectivity index (χ0n) is 6.49. The highest BCUT2D eigenvalue weighted by Gasteiger charge is 2.43. The van der Waals surface area contributed by atoms with Crippen molar-refractivity contribution < 1.29 is 17.6 Å². The van der Waals surface area contributed by atoms with E-state index in [0.717, 1.165) is 0 Å². The third-order valence-electron chi connectivity index (χ3n) is 2.05. The third-order valence-corrected chi connectivity index (χ3v) is 2.05. The summed E-state index contributed by atoms with van der Waals surface area (Å²) in [6.45, 7) is 3.39. The van der Waals surface area contributed by atoms with E-state index in [1.165, 1.54) is 0 Å². The molecule has 2 atom stereocenters. The quantitative estimate of drug-likeness (QED) is 0.398. The van der Waals surface area contributed by atoms with E-state index in [4.69, 9.17) is 0 Å². The third kappa shape index (κ3) is 2.22. The Balaban J connectivity index is 2.62. The van der Waals surface area contributed by atoms with Crippen molar-refractivity contribution >= 4 is 0 Å². The average molecular weight is 182 g/mol. The molecule has 0 aromatic carbocycles. The molecule has 0 spiro atoms. The molecular formula is C8H10F4. The van der Waals surface area contributed by atoms with Crippen LogP contribution >= 0.6 is 0 Å². The number of hydrogen-bond donors (Lipinski definition) is 0. The van der Waals surface area contributed by atoms with Gasteiger partial charge >= 0.3 is 6.18 Å². The van der Waals surface area contributed by atoms with Crippen LogP contribution in [0.15, 0.2) is 12.2 Å². The fourth-order valence-electron chi connectivity index (χ4n) is 1.47. The molecule has 0 aliphatic heterocycles. The van der Waals surface area contributed by atoms with E-state index in [-0.39, 0.29) is 12.8 Å². The summed E-state index contributed by atoms with van der Waals surface area (Å²) in [5.41, 5.74) is 0.371. The largest absolute Gasteiger partial charge is 0.392 e. The van der Waals surface area contributed by atoms with Crippen LogP contribution in [-0.2, 0) is 0 Å². The minimum atomic E-state index is -4.27. The summed E-state index contributed by atoms with van der Waals surface area (Å²) in [6, 6.07) is 0. The molecule has 0 aromatic heterocycles. The molecule has 1 fully saturated rings. The molecular weight excluding hydrogens is 172 g/mol. The summed E-state index contributed by atoms with van der Waals surface area (Å²) in [5.74, 6) is -1.52.